The first-order valence-electron chi connectivity index (χ1n) is 7.72. The van der Waals surface area contributed by atoms with Crippen molar-refractivity contribution in [3.63, 3.8) is 0 Å². The number of carbonyl (C=O) groups excluding carboxylic acids is 3. The van der Waals surface area contributed by atoms with Gasteiger partial charge in [0.2, 0.25) is 5.91 Å². The van der Waals surface area contributed by atoms with Crippen LogP contribution in [-0.2, 0) is 16.1 Å². The molecule has 1 aliphatic rings. The number of imide groups is 1. The lowest BCUT2D eigenvalue weighted by atomic mass is 10.1. The molecule has 1 saturated heterocycles. The Kier molecular flexibility index (Phi) is 4.46. The van der Waals surface area contributed by atoms with Crippen molar-refractivity contribution in [3.8, 4) is 5.82 Å². The first-order valence-corrected chi connectivity index (χ1v) is 7.72. The van der Waals surface area contributed by atoms with Gasteiger partial charge in [0.25, 0.3) is 5.91 Å². The molecule has 4 amide bonds. The predicted octanol–water partition coefficient (Wildman–Crippen LogP) is 0.166. The Labute approximate surface area is 144 Å². The van der Waals surface area contributed by atoms with Crippen LogP contribution in [0.15, 0.2) is 37.1 Å². The zero-order valence-corrected chi connectivity index (χ0v) is 13.9. The topological polar surface area (TPSA) is 100 Å². The highest BCUT2D eigenvalue weighted by Gasteiger charge is 2.41. The Bertz CT molecular complexity index is 804. The fourth-order valence-electron chi connectivity index (χ4n) is 2.70. The molecule has 0 radical (unpaired) electrons. The van der Waals surface area contributed by atoms with Crippen molar-refractivity contribution in [3.05, 3.63) is 42.6 Å². The van der Waals surface area contributed by atoms with Crippen molar-refractivity contribution in [1.29, 1.82) is 0 Å². The summed E-state index contributed by atoms with van der Waals surface area (Å²) in [6.07, 6.45) is 6.62. The number of carbonyl (C=O) groups is 3. The number of hydrogen-bond donors (Lipinski definition) is 1. The summed E-state index contributed by atoms with van der Waals surface area (Å²) in [5, 5.41) is 2.78. The van der Waals surface area contributed by atoms with Gasteiger partial charge in [-0.3, -0.25) is 19.1 Å². The van der Waals surface area contributed by atoms with Crippen molar-refractivity contribution in [2.75, 3.05) is 14.1 Å². The summed E-state index contributed by atoms with van der Waals surface area (Å²) < 4.78 is 1.75. The van der Waals surface area contributed by atoms with Gasteiger partial charge in [0.1, 0.15) is 18.2 Å². The molecule has 25 heavy (non-hydrogen) atoms. The van der Waals surface area contributed by atoms with E-state index in [1.165, 1.54) is 19.0 Å². The molecule has 9 nitrogen and oxygen atoms in total. The van der Waals surface area contributed by atoms with Crippen LogP contribution in [0.1, 0.15) is 12.0 Å². The molecule has 0 saturated carbocycles. The van der Waals surface area contributed by atoms with Crippen LogP contribution in [0, 0.1) is 0 Å². The lowest BCUT2D eigenvalue weighted by Gasteiger charge is -2.16. The van der Waals surface area contributed by atoms with E-state index in [1.54, 1.807) is 35.6 Å². The van der Waals surface area contributed by atoms with Crippen LogP contribution in [-0.4, -0.2) is 62.3 Å². The molecule has 1 N–H and O–H groups in total. The molecule has 2 aromatic heterocycles. The van der Waals surface area contributed by atoms with Gasteiger partial charge in [-0.25, -0.2) is 14.8 Å². The van der Waals surface area contributed by atoms with Crippen molar-refractivity contribution in [2.24, 2.45) is 0 Å². The number of rotatable bonds is 5. The van der Waals surface area contributed by atoms with Gasteiger partial charge in [-0.15, -0.1) is 0 Å². The lowest BCUT2D eigenvalue weighted by molar-refractivity contribution is -0.131. The van der Waals surface area contributed by atoms with Crippen LogP contribution in [0.2, 0.25) is 0 Å². The third-order valence-corrected chi connectivity index (χ3v) is 4.14. The van der Waals surface area contributed by atoms with Crippen LogP contribution >= 0.6 is 0 Å². The number of aromatic nitrogens is 3. The van der Waals surface area contributed by atoms with Crippen molar-refractivity contribution in [2.45, 2.75) is 19.0 Å². The highest BCUT2D eigenvalue weighted by atomic mass is 16.2. The van der Waals surface area contributed by atoms with Crippen molar-refractivity contribution < 1.29 is 14.4 Å². The molecule has 2 aromatic rings. The largest absolute Gasteiger partial charge is 0.352 e. The third kappa shape index (κ3) is 3.21. The summed E-state index contributed by atoms with van der Waals surface area (Å²) in [5.41, 5.74) is 0.813. The second-order valence-electron chi connectivity index (χ2n) is 5.74. The Balaban J connectivity index is 1.64. The maximum Gasteiger partial charge on any atom is 0.326 e. The van der Waals surface area contributed by atoms with Crippen LogP contribution in [0.4, 0.5) is 4.79 Å². The van der Waals surface area contributed by atoms with E-state index >= 15 is 0 Å². The lowest BCUT2D eigenvalue weighted by Crippen LogP contribution is -2.37. The van der Waals surface area contributed by atoms with Gasteiger partial charge >= 0.3 is 6.03 Å². The summed E-state index contributed by atoms with van der Waals surface area (Å²) in [4.78, 5) is 46.6. The quantitative estimate of drug-likeness (QED) is 0.781. The van der Waals surface area contributed by atoms with Gasteiger partial charge < -0.3 is 10.2 Å². The Hall–Kier alpha value is -3.23. The highest BCUT2D eigenvalue weighted by Crippen LogP contribution is 2.17. The fraction of sp³-hybridized carbons (Fsp3) is 0.312. The number of urea groups is 1. The van der Waals surface area contributed by atoms with E-state index in [1.807, 2.05) is 6.07 Å². The molecule has 130 valence electrons. The van der Waals surface area contributed by atoms with Crippen LogP contribution < -0.4 is 5.32 Å². The first-order chi connectivity index (χ1) is 12.0. The zero-order chi connectivity index (χ0) is 18.0. The van der Waals surface area contributed by atoms with Gasteiger partial charge in [-0.2, -0.15) is 0 Å². The summed E-state index contributed by atoms with van der Waals surface area (Å²) in [5.74, 6) is -0.0128. The fourth-order valence-corrected chi connectivity index (χ4v) is 2.70. The zero-order valence-electron chi connectivity index (χ0n) is 13.9. The van der Waals surface area contributed by atoms with Gasteiger partial charge in [0.05, 0.1) is 6.42 Å². The smallest absolute Gasteiger partial charge is 0.326 e. The molecule has 3 heterocycles. The number of nitrogens with zero attached hydrogens (tertiary/aromatic N) is 5. The number of nitrogens with one attached hydrogen (secondary N) is 1. The molecular formula is C16H18N6O3. The SMILES string of the molecule is CN1C(=O)[C@H](CC(=O)NCc2cccnc2-n2ccnc2)N(C)C1=O. The second kappa shape index (κ2) is 6.71. The van der Waals surface area contributed by atoms with E-state index in [-0.39, 0.29) is 24.8 Å². The first kappa shape index (κ1) is 16.6. The minimum absolute atomic E-state index is 0.0773. The van der Waals surface area contributed by atoms with Crippen LogP contribution in [0.3, 0.4) is 0 Å². The number of amides is 4. The second-order valence-corrected chi connectivity index (χ2v) is 5.74. The number of likely N-dealkylation sites (N-methyl/N-ethyl adjacent to an activating group) is 2. The maximum absolute atomic E-state index is 12.2. The summed E-state index contributed by atoms with van der Waals surface area (Å²) in [6.45, 7) is 0.259. The molecule has 0 spiro atoms. The monoisotopic (exact) mass is 342 g/mol. The average molecular weight is 342 g/mol. The minimum atomic E-state index is -0.764. The van der Waals surface area contributed by atoms with E-state index in [0.29, 0.717) is 5.82 Å². The van der Waals surface area contributed by atoms with E-state index in [2.05, 4.69) is 15.3 Å². The number of pyridine rings is 1. The molecule has 0 aliphatic carbocycles. The van der Waals surface area contributed by atoms with Crippen LogP contribution in [0.25, 0.3) is 5.82 Å². The molecule has 1 fully saturated rings. The molecule has 3 rings (SSSR count). The van der Waals surface area contributed by atoms with Crippen molar-refractivity contribution in [1.82, 2.24) is 29.7 Å². The number of hydrogen-bond acceptors (Lipinski definition) is 5. The molecular weight excluding hydrogens is 324 g/mol. The third-order valence-electron chi connectivity index (χ3n) is 4.14. The molecule has 0 unspecified atom stereocenters. The molecule has 1 atom stereocenters. The predicted molar refractivity (Wildman–Crippen MR) is 87.5 cm³/mol. The van der Waals surface area contributed by atoms with Gasteiger partial charge in [0, 0.05) is 44.8 Å². The van der Waals surface area contributed by atoms with Gasteiger partial charge in [0.15, 0.2) is 0 Å². The summed E-state index contributed by atoms with van der Waals surface area (Å²) >= 11 is 0. The molecule has 1 aliphatic heterocycles. The van der Waals surface area contributed by atoms with Gasteiger partial charge in [-0.05, 0) is 6.07 Å². The average Bonchev–Trinajstić information content (AvgIpc) is 3.21. The van der Waals surface area contributed by atoms with E-state index in [9.17, 15) is 14.4 Å². The molecule has 0 aromatic carbocycles. The minimum Gasteiger partial charge on any atom is -0.352 e. The van der Waals surface area contributed by atoms with E-state index < -0.39 is 12.1 Å². The van der Waals surface area contributed by atoms with Crippen molar-refractivity contribution >= 4 is 17.8 Å². The Morgan fingerprint density at radius 3 is 2.72 bits per heavy atom. The van der Waals surface area contributed by atoms with Gasteiger partial charge in [-0.1, -0.05) is 6.07 Å². The molecule has 9 heteroatoms. The van der Waals surface area contributed by atoms with Crippen LogP contribution in [0.5, 0.6) is 0 Å². The Morgan fingerprint density at radius 1 is 1.28 bits per heavy atom. The van der Waals surface area contributed by atoms with E-state index in [4.69, 9.17) is 0 Å². The standard InChI is InChI=1S/C16H18N6O3/c1-20-12(15(24)21(2)16(20)25)8-13(23)19-9-11-4-3-5-18-14(11)22-7-6-17-10-22/h3-7,10,12H,8-9H2,1-2H3,(H,19,23)/t12-/m0/s1. The summed E-state index contributed by atoms with van der Waals surface area (Å²) in [6, 6.07) is 2.47. The highest BCUT2D eigenvalue weighted by molar-refractivity contribution is 6.05. The molecule has 0 bridgehead atoms. The normalized spacial score (nSPS) is 17.3. The summed E-state index contributed by atoms with van der Waals surface area (Å²) in [7, 11) is 2.92. The maximum atomic E-state index is 12.2. The Morgan fingerprint density at radius 2 is 2.08 bits per heavy atom. The van der Waals surface area contributed by atoms with E-state index in [0.717, 1.165) is 10.5 Å². The number of imidazole rings is 1.